The van der Waals surface area contributed by atoms with E-state index in [1.165, 1.54) is 0 Å². The first-order valence-electron chi connectivity index (χ1n) is 8.71. The summed E-state index contributed by atoms with van der Waals surface area (Å²) < 4.78 is 17.4. The highest BCUT2D eigenvalue weighted by Crippen LogP contribution is 2.33. The minimum atomic E-state index is -0.0790. The third-order valence-corrected chi connectivity index (χ3v) is 5.04. The molecule has 3 atom stereocenters. The Hall–Kier alpha value is -2.18. The summed E-state index contributed by atoms with van der Waals surface area (Å²) in [5, 5.41) is 0. The number of rotatable bonds is 4. The van der Waals surface area contributed by atoms with Crippen molar-refractivity contribution in [2.75, 3.05) is 13.2 Å². The van der Waals surface area contributed by atoms with E-state index in [1.807, 2.05) is 36.2 Å². The predicted octanol–water partition coefficient (Wildman–Crippen LogP) is 2.57. The Labute approximate surface area is 146 Å². The molecule has 0 N–H and O–H groups in total. The molecule has 4 rings (SSSR count). The maximum absolute atomic E-state index is 12.8. The fourth-order valence-electron chi connectivity index (χ4n) is 3.76. The van der Waals surface area contributed by atoms with Crippen molar-refractivity contribution in [3.8, 4) is 0 Å². The van der Waals surface area contributed by atoms with E-state index < -0.39 is 0 Å². The molecule has 1 aliphatic heterocycles. The molecule has 0 aromatic carbocycles. The number of ether oxygens (including phenoxy) is 2. The first-order valence-corrected chi connectivity index (χ1v) is 8.71. The first-order chi connectivity index (χ1) is 12.2. The van der Waals surface area contributed by atoms with Crippen LogP contribution in [0.25, 0.3) is 0 Å². The van der Waals surface area contributed by atoms with Gasteiger partial charge in [0.25, 0.3) is 5.91 Å². The van der Waals surface area contributed by atoms with Crippen molar-refractivity contribution < 1.29 is 18.7 Å². The van der Waals surface area contributed by atoms with Crippen LogP contribution in [0, 0.1) is 6.92 Å². The Balaban J connectivity index is 1.43. The van der Waals surface area contributed by atoms with E-state index in [0.29, 0.717) is 25.5 Å². The Morgan fingerprint density at radius 3 is 3.08 bits per heavy atom. The molecule has 0 bridgehead atoms. The highest BCUT2D eigenvalue weighted by Gasteiger charge is 2.45. The molecule has 2 fully saturated rings. The van der Waals surface area contributed by atoms with Crippen LogP contribution in [0.2, 0.25) is 0 Å². The van der Waals surface area contributed by atoms with Gasteiger partial charge in [-0.1, -0.05) is 6.07 Å². The smallest absolute Gasteiger partial charge is 0.290 e. The van der Waals surface area contributed by atoms with E-state index in [4.69, 9.17) is 13.9 Å². The molecule has 0 spiro atoms. The molecule has 1 saturated carbocycles. The maximum atomic E-state index is 12.8. The quantitative estimate of drug-likeness (QED) is 0.854. The predicted molar refractivity (Wildman–Crippen MR) is 90.1 cm³/mol. The summed E-state index contributed by atoms with van der Waals surface area (Å²) in [6.07, 6.45) is 6.81. The highest BCUT2D eigenvalue weighted by atomic mass is 16.5. The van der Waals surface area contributed by atoms with E-state index in [1.54, 1.807) is 12.5 Å². The minimum Gasteiger partial charge on any atom is -0.459 e. The zero-order valence-corrected chi connectivity index (χ0v) is 14.3. The molecular formula is C19H22N2O4. The van der Waals surface area contributed by atoms with Gasteiger partial charge in [-0.3, -0.25) is 9.78 Å². The van der Waals surface area contributed by atoms with E-state index in [0.717, 1.165) is 24.0 Å². The van der Waals surface area contributed by atoms with Crippen LogP contribution in [0.4, 0.5) is 0 Å². The van der Waals surface area contributed by atoms with Crippen LogP contribution in [-0.4, -0.2) is 47.2 Å². The lowest BCUT2D eigenvalue weighted by Crippen LogP contribution is -2.53. The van der Waals surface area contributed by atoms with Gasteiger partial charge in [0, 0.05) is 24.5 Å². The fraction of sp³-hybridized carbons (Fsp3) is 0.474. The van der Waals surface area contributed by atoms with Crippen LogP contribution in [0.1, 0.15) is 34.5 Å². The second-order valence-corrected chi connectivity index (χ2v) is 6.62. The first kappa shape index (κ1) is 16.3. The van der Waals surface area contributed by atoms with Crippen LogP contribution >= 0.6 is 0 Å². The zero-order valence-electron chi connectivity index (χ0n) is 14.3. The number of pyridine rings is 1. The number of nitrogens with zero attached hydrogens (tertiary/aromatic N) is 2. The average molecular weight is 342 g/mol. The van der Waals surface area contributed by atoms with E-state index in [-0.39, 0.29) is 24.2 Å². The molecule has 6 nitrogen and oxygen atoms in total. The summed E-state index contributed by atoms with van der Waals surface area (Å²) in [5.41, 5.74) is 1.91. The minimum absolute atomic E-state index is 0.00139. The maximum Gasteiger partial charge on any atom is 0.290 e. The molecule has 0 unspecified atom stereocenters. The van der Waals surface area contributed by atoms with Crippen molar-refractivity contribution in [3.05, 3.63) is 53.7 Å². The number of amides is 1. The van der Waals surface area contributed by atoms with E-state index >= 15 is 0 Å². The number of aryl methyl sites for hydroxylation is 1. The molecule has 1 amide bonds. The molecule has 6 heteroatoms. The van der Waals surface area contributed by atoms with Gasteiger partial charge >= 0.3 is 0 Å². The van der Waals surface area contributed by atoms with Crippen molar-refractivity contribution in [3.63, 3.8) is 0 Å². The molecule has 2 aromatic rings. The summed E-state index contributed by atoms with van der Waals surface area (Å²) in [4.78, 5) is 18.8. The number of fused-ring (bicyclic) bond motifs is 1. The molecule has 25 heavy (non-hydrogen) atoms. The van der Waals surface area contributed by atoms with Gasteiger partial charge in [0.2, 0.25) is 0 Å². The van der Waals surface area contributed by atoms with Crippen LogP contribution in [0.5, 0.6) is 0 Å². The number of carbonyl (C=O) groups is 1. The molecule has 2 aliphatic rings. The van der Waals surface area contributed by atoms with Crippen LogP contribution in [-0.2, 0) is 16.1 Å². The highest BCUT2D eigenvalue weighted by molar-refractivity contribution is 5.93. The summed E-state index contributed by atoms with van der Waals surface area (Å²) in [6, 6.07) is 5.76. The van der Waals surface area contributed by atoms with Crippen molar-refractivity contribution in [2.24, 2.45) is 0 Å². The lowest BCUT2D eigenvalue weighted by atomic mass is 10.1. The molecular weight excluding hydrogens is 320 g/mol. The number of aromatic nitrogens is 1. The summed E-state index contributed by atoms with van der Waals surface area (Å²) >= 11 is 0. The summed E-state index contributed by atoms with van der Waals surface area (Å²) in [7, 11) is 0. The normalized spacial score (nSPS) is 25.8. The van der Waals surface area contributed by atoms with Crippen molar-refractivity contribution in [1.29, 1.82) is 0 Å². The van der Waals surface area contributed by atoms with Crippen molar-refractivity contribution >= 4 is 5.91 Å². The van der Waals surface area contributed by atoms with Gasteiger partial charge in [-0.25, -0.2) is 0 Å². The summed E-state index contributed by atoms with van der Waals surface area (Å²) in [6.45, 7) is 3.52. The van der Waals surface area contributed by atoms with E-state index in [9.17, 15) is 4.79 Å². The summed E-state index contributed by atoms with van der Waals surface area (Å²) in [5.74, 6) is 0.383. The van der Waals surface area contributed by atoms with Gasteiger partial charge in [-0.15, -0.1) is 0 Å². The van der Waals surface area contributed by atoms with Gasteiger partial charge in [-0.05, 0) is 37.5 Å². The van der Waals surface area contributed by atoms with Gasteiger partial charge in [-0.2, -0.15) is 0 Å². The van der Waals surface area contributed by atoms with Gasteiger partial charge in [0.15, 0.2) is 5.76 Å². The van der Waals surface area contributed by atoms with E-state index in [2.05, 4.69) is 4.98 Å². The van der Waals surface area contributed by atoms with Crippen molar-refractivity contribution in [2.45, 2.75) is 44.6 Å². The Morgan fingerprint density at radius 2 is 2.32 bits per heavy atom. The van der Waals surface area contributed by atoms with Crippen LogP contribution < -0.4 is 0 Å². The lowest BCUT2D eigenvalue weighted by Gasteiger charge is -2.38. The lowest BCUT2D eigenvalue weighted by molar-refractivity contribution is -0.108. The molecule has 2 aromatic heterocycles. The second kappa shape index (κ2) is 6.98. The Morgan fingerprint density at radius 1 is 1.40 bits per heavy atom. The van der Waals surface area contributed by atoms with Crippen LogP contribution in [0.3, 0.4) is 0 Å². The molecule has 3 heterocycles. The molecule has 1 aliphatic carbocycles. The van der Waals surface area contributed by atoms with Crippen molar-refractivity contribution in [1.82, 2.24) is 9.88 Å². The number of morpholine rings is 1. The monoisotopic (exact) mass is 342 g/mol. The third kappa shape index (κ3) is 3.19. The molecule has 0 radical (unpaired) electrons. The Bertz CT molecular complexity index is 730. The molecule has 132 valence electrons. The fourth-order valence-corrected chi connectivity index (χ4v) is 3.76. The topological polar surface area (TPSA) is 64.8 Å². The van der Waals surface area contributed by atoms with Gasteiger partial charge in [0.05, 0.1) is 31.6 Å². The number of furan rings is 1. The van der Waals surface area contributed by atoms with Crippen LogP contribution in [0.15, 0.2) is 41.3 Å². The largest absolute Gasteiger partial charge is 0.459 e. The second-order valence-electron chi connectivity index (χ2n) is 6.62. The SMILES string of the molecule is Cc1ccoc1C(=O)N1CCO[C@@H]2[C@H]1CC[C@H]2OCc1cccnc1. The van der Waals surface area contributed by atoms with Gasteiger partial charge in [0.1, 0.15) is 6.10 Å². The Kier molecular flexibility index (Phi) is 4.55. The number of carbonyl (C=O) groups excluding carboxylic acids is 1. The zero-order chi connectivity index (χ0) is 17.2. The molecule has 1 saturated heterocycles. The average Bonchev–Trinajstić information content (AvgIpc) is 3.26. The number of hydrogen-bond acceptors (Lipinski definition) is 5. The third-order valence-electron chi connectivity index (χ3n) is 5.04. The standard InChI is InChI=1S/C19H22N2O4/c1-13-6-9-23-17(13)19(22)21-8-10-24-18-15(21)4-5-16(18)25-12-14-3-2-7-20-11-14/h2-3,6-7,9,11,15-16,18H,4-5,8,10,12H2,1H3/t15-,16-,18-/m1/s1. The van der Waals surface area contributed by atoms with Gasteiger partial charge < -0.3 is 18.8 Å². The number of hydrogen-bond donors (Lipinski definition) is 0.